The van der Waals surface area contributed by atoms with Crippen molar-refractivity contribution >= 4 is 23.4 Å². The minimum Gasteiger partial charge on any atom is -0.352 e. The Morgan fingerprint density at radius 2 is 1.44 bits per heavy atom. The summed E-state index contributed by atoms with van der Waals surface area (Å²) in [6.45, 7) is 2.34. The third-order valence-corrected chi connectivity index (χ3v) is 7.39. The molecule has 1 atom stereocenters. The summed E-state index contributed by atoms with van der Waals surface area (Å²) in [6.07, 6.45) is 5.15. The van der Waals surface area contributed by atoms with E-state index in [1.54, 1.807) is 4.90 Å². The second-order valence-electron chi connectivity index (χ2n) is 9.64. The van der Waals surface area contributed by atoms with Crippen molar-refractivity contribution < 1.29 is 9.59 Å². The molecular formula is C31H35ClN2O2. The Balaban J connectivity index is 1.62. The molecule has 4 rings (SSSR count). The molecule has 1 aliphatic rings. The van der Waals surface area contributed by atoms with Gasteiger partial charge in [-0.3, -0.25) is 9.59 Å². The Bertz CT molecular complexity index is 1070. The van der Waals surface area contributed by atoms with Crippen molar-refractivity contribution in [2.24, 2.45) is 0 Å². The predicted molar refractivity (Wildman–Crippen MR) is 146 cm³/mol. The zero-order valence-electron chi connectivity index (χ0n) is 20.9. The first kappa shape index (κ1) is 26.0. The molecule has 3 aromatic carbocycles. The first-order valence-corrected chi connectivity index (χ1v) is 13.4. The fraction of sp³-hybridized carbons (Fsp3) is 0.355. The molecule has 4 nitrogen and oxygen atoms in total. The summed E-state index contributed by atoms with van der Waals surface area (Å²) in [7, 11) is 0. The summed E-state index contributed by atoms with van der Waals surface area (Å²) in [5.41, 5.74) is 3.13. The number of nitrogens with one attached hydrogen (secondary N) is 1. The normalized spacial score (nSPS) is 14.5. The van der Waals surface area contributed by atoms with E-state index in [0.29, 0.717) is 18.0 Å². The van der Waals surface area contributed by atoms with Crippen molar-refractivity contribution in [1.82, 2.24) is 10.2 Å². The molecule has 188 valence electrons. The SMILES string of the molecule is CC[C@H](C(=O)NC1CCCC1)N(Cc1ccc(Cl)cc1)C(=O)CC(c1ccccc1)c1ccccc1. The summed E-state index contributed by atoms with van der Waals surface area (Å²) >= 11 is 6.11. The van der Waals surface area contributed by atoms with Crippen molar-refractivity contribution in [1.29, 1.82) is 0 Å². The van der Waals surface area contributed by atoms with Gasteiger partial charge in [0.25, 0.3) is 0 Å². The van der Waals surface area contributed by atoms with Gasteiger partial charge >= 0.3 is 0 Å². The van der Waals surface area contributed by atoms with Gasteiger partial charge in [0.2, 0.25) is 11.8 Å². The van der Waals surface area contributed by atoms with Crippen molar-refractivity contribution in [3.05, 3.63) is 107 Å². The minimum atomic E-state index is -0.527. The molecule has 1 fully saturated rings. The highest BCUT2D eigenvalue weighted by molar-refractivity contribution is 6.30. The van der Waals surface area contributed by atoms with Gasteiger partial charge in [-0.1, -0.05) is 104 Å². The fourth-order valence-electron chi connectivity index (χ4n) is 5.16. The van der Waals surface area contributed by atoms with Crippen LogP contribution < -0.4 is 5.32 Å². The molecule has 2 amide bonds. The van der Waals surface area contributed by atoms with Gasteiger partial charge < -0.3 is 10.2 Å². The van der Waals surface area contributed by atoms with Crippen LogP contribution in [-0.2, 0) is 16.1 Å². The van der Waals surface area contributed by atoms with Gasteiger partial charge in [-0.05, 0) is 48.1 Å². The first-order chi connectivity index (χ1) is 17.5. The summed E-state index contributed by atoms with van der Waals surface area (Å²) < 4.78 is 0. The number of hydrogen-bond acceptors (Lipinski definition) is 2. The summed E-state index contributed by atoms with van der Waals surface area (Å²) in [4.78, 5) is 29.2. The Labute approximate surface area is 219 Å². The molecule has 0 spiro atoms. The number of amides is 2. The van der Waals surface area contributed by atoms with E-state index < -0.39 is 6.04 Å². The van der Waals surface area contributed by atoms with Gasteiger partial charge in [0.15, 0.2) is 0 Å². The van der Waals surface area contributed by atoms with Crippen LogP contribution >= 0.6 is 11.6 Å². The molecule has 1 saturated carbocycles. The number of carbonyl (C=O) groups excluding carboxylic acids is 2. The number of hydrogen-bond donors (Lipinski definition) is 1. The Kier molecular flexibility index (Phi) is 9.18. The molecular weight excluding hydrogens is 468 g/mol. The average molecular weight is 503 g/mol. The number of nitrogens with zero attached hydrogens (tertiary/aromatic N) is 1. The standard InChI is InChI=1S/C31H35ClN2O2/c1-2-29(31(36)33-27-15-9-10-16-27)34(22-23-17-19-26(32)20-18-23)30(35)21-28(24-11-5-3-6-12-24)25-13-7-4-8-14-25/h3-8,11-14,17-20,27-29H,2,9-10,15-16,21-22H2,1H3,(H,33,36)/t29-/m1/s1. The van der Waals surface area contributed by atoms with Crippen LogP contribution in [0.4, 0.5) is 0 Å². The van der Waals surface area contributed by atoms with Crippen LogP contribution in [0.1, 0.15) is 68.1 Å². The lowest BCUT2D eigenvalue weighted by atomic mass is 9.88. The number of halogens is 1. The maximum absolute atomic E-state index is 14.0. The zero-order valence-corrected chi connectivity index (χ0v) is 21.7. The van der Waals surface area contributed by atoms with E-state index in [2.05, 4.69) is 29.6 Å². The van der Waals surface area contributed by atoms with E-state index in [1.165, 1.54) is 0 Å². The molecule has 0 aliphatic heterocycles. The van der Waals surface area contributed by atoms with Gasteiger partial charge in [0.1, 0.15) is 6.04 Å². The van der Waals surface area contributed by atoms with Crippen molar-refractivity contribution in [3.63, 3.8) is 0 Å². The van der Waals surface area contributed by atoms with Crippen LogP contribution in [0.2, 0.25) is 5.02 Å². The molecule has 0 heterocycles. The lowest BCUT2D eigenvalue weighted by Gasteiger charge is -2.33. The Morgan fingerprint density at radius 1 is 0.889 bits per heavy atom. The van der Waals surface area contributed by atoms with Crippen molar-refractivity contribution in [3.8, 4) is 0 Å². The lowest BCUT2D eigenvalue weighted by molar-refractivity contribution is -0.141. The molecule has 0 saturated heterocycles. The largest absolute Gasteiger partial charge is 0.352 e. The highest BCUT2D eigenvalue weighted by Crippen LogP contribution is 2.30. The summed E-state index contributed by atoms with van der Waals surface area (Å²) in [5, 5.41) is 3.87. The molecule has 1 aliphatic carbocycles. The van der Waals surface area contributed by atoms with Crippen LogP contribution in [-0.4, -0.2) is 28.8 Å². The quantitative estimate of drug-likeness (QED) is 0.334. The van der Waals surface area contributed by atoms with E-state index in [1.807, 2.05) is 67.6 Å². The second kappa shape index (κ2) is 12.7. The molecule has 0 unspecified atom stereocenters. The smallest absolute Gasteiger partial charge is 0.243 e. The van der Waals surface area contributed by atoms with Crippen LogP contribution in [0.3, 0.4) is 0 Å². The van der Waals surface area contributed by atoms with Crippen LogP contribution in [0.15, 0.2) is 84.9 Å². The molecule has 1 N–H and O–H groups in total. The molecule has 36 heavy (non-hydrogen) atoms. The number of carbonyl (C=O) groups is 2. The van der Waals surface area contributed by atoms with Gasteiger partial charge in [0, 0.05) is 29.9 Å². The predicted octanol–water partition coefficient (Wildman–Crippen LogP) is 6.73. The second-order valence-corrected chi connectivity index (χ2v) is 10.1. The number of rotatable bonds is 10. The van der Waals surface area contributed by atoms with Crippen LogP contribution in [0, 0.1) is 0 Å². The monoisotopic (exact) mass is 502 g/mol. The highest BCUT2D eigenvalue weighted by Gasteiger charge is 2.32. The lowest BCUT2D eigenvalue weighted by Crippen LogP contribution is -2.51. The Hall–Kier alpha value is -3.11. The Morgan fingerprint density at radius 3 is 1.97 bits per heavy atom. The molecule has 5 heteroatoms. The third-order valence-electron chi connectivity index (χ3n) is 7.14. The van der Waals surface area contributed by atoms with Gasteiger partial charge in [-0.2, -0.15) is 0 Å². The average Bonchev–Trinajstić information content (AvgIpc) is 3.42. The molecule has 3 aromatic rings. The van der Waals surface area contributed by atoms with E-state index >= 15 is 0 Å². The zero-order chi connectivity index (χ0) is 25.3. The van der Waals surface area contributed by atoms with Crippen molar-refractivity contribution in [2.45, 2.75) is 70.0 Å². The third kappa shape index (κ3) is 6.76. The maximum atomic E-state index is 14.0. The maximum Gasteiger partial charge on any atom is 0.243 e. The molecule has 0 bridgehead atoms. The van der Waals surface area contributed by atoms with Crippen LogP contribution in [0.5, 0.6) is 0 Å². The van der Waals surface area contributed by atoms with E-state index in [-0.39, 0.29) is 30.2 Å². The molecule has 0 radical (unpaired) electrons. The van der Waals surface area contributed by atoms with Gasteiger partial charge in [0.05, 0.1) is 0 Å². The van der Waals surface area contributed by atoms with E-state index in [4.69, 9.17) is 11.6 Å². The van der Waals surface area contributed by atoms with Gasteiger partial charge in [-0.25, -0.2) is 0 Å². The topological polar surface area (TPSA) is 49.4 Å². The van der Waals surface area contributed by atoms with Crippen LogP contribution in [0.25, 0.3) is 0 Å². The number of benzene rings is 3. The first-order valence-electron chi connectivity index (χ1n) is 13.0. The fourth-order valence-corrected chi connectivity index (χ4v) is 5.29. The van der Waals surface area contributed by atoms with Gasteiger partial charge in [-0.15, -0.1) is 0 Å². The highest BCUT2D eigenvalue weighted by atomic mass is 35.5. The van der Waals surface area contributed by atoms with Crippen molar-refractivity contribution in [2.75, 3.05) is 0 Å². The summed E-state index contributed by atoms with van der Waals surface area (Å²) in [5.74, 6) is -0.179. The minimum absolute atomic E-state index is 0.0314. The van der Waals surface area contributed by atoms with E-state index in [0.717, 1.165) is 42.4 Å². The van der Waals surface area contributed by atoms with E-state index in [9.17, 15) is 9.59 Å². The summed E-state index contributed by atoms with van der Waals surface area (Å²) in [6, 6.07) is 27.5. The molecule has 0 aromatic heterocycles.